The highest BCUT2D eigenvalue weighted by atomic mass is 16.5. The zero-order valence-corrected chi connectivity index (χ0v) is 11.8. The van der Waals surface area contributed by atoms with Crippen LogP contribution in [0.15, 0.2) is 24.3 Å². The van der Waals surface area contributed by atoms with Crippen molar-refractivity contribution in [1.82, 2.24) is 5.32 Å². The molecular formula is C15H23NO3. The molecule has 1 N–H and O–H groups in total. The van der Waals surface area contributed by atoms with E-state index in [0.717, 1.165) is 37.4 Å². The van der Waals surface area contributed by atoms with Gasteiger partial charge in [0.15, 0.2) is 11.5 Å². The lowest BCUT2D eigenvalue weighted by Gasteiger charge is -2.36. The van der Waals surface area contributed by atoms with Gasteiger partial charge >= 0.3 is 0 Å². The summed E-state index contributed by atoms with van der Waals surface area (Å²) in [5, 5.41) is 3.37. The zero-order valence-electron chi connectivity index (χ0n) is 11.8. The predicted octanol–water partition coefficient (Wildman–Crippen LogP) is 2.23. The minimum Gasteiger partial charge on any atom is -0.490 e. The summed E-state index contributed by atoms with van der Waals surface area (Å²) in [5.41, 5.74) is -0.225. The minimum absolute atomic E-state index is 0.225. The average molecular weight is 265 g/mol. The summed E-state index contributed by atoms with van der Waals surface area (Å²) in [6.07, 6.45) is 2.14. The Morgan fingerprint density at radius 3 is 2.53 bits per heavy atom. The summed E-state index contributed by atoms with van der Waals surface area (Å²) >= 11 is 0. The second-order valence-electron chi connectivity index (χ2n) is 4.84. The second kappa shape index (κ2) is 6.78. The van der Waals surface area contributed by atoms with Crippen LogP contribution in [0.5, 0.6) is 11.5 Å². The fourth-order valence-corrected chi connectivity index (χ4v) is 2.35. The number of benzene rings is 1. The van der Waals surface area contributed by atoms with Crippen molar-refractivity contribution in [3.8, 4) is 11.5 Å². The molecule has 19 heavy (non-hydrogen) atoms. The number of para-hydroxylation sites is 2. The number of ether oxygens (including phenoxy) is 3. The largest absolute Gasteiger partial charge is 0.490 e. The maximum Gasteiger partial charge on any atom is 0.161 e. The Balaban J connectivity index is 2.00. The topological polar surface area (TPSA) is 39.7 Å². The Bertz CT molecular complexity index is 389. The van der Waals surface area contributed by atoms with Gasteiger partial charge in [-0.1, -0.05) is 12.1 Å². The van der Waals surface area contributed by atoms with E-state index in [2.05, 4.69) is 5.32 Å². The number of rotatable bonds is 6. The van der Waals surface area contributed by atoms with Gasteiger partial charge in [-0.3, -0.25) is 0 Å². The van der Waals surface area contributed by atoms with E-state index in [-0.39, 0.29) is 5.60 Å². The molecule has 0 aromatic heterocycles. The van der Waals surface area contributed by atoms with Gasteiger partial charge in [-0.25, -0.2) is 0 Å². The van der Waals surface area contributed by atoms with Gasteiger partial charge in [0.2, 0.25) is 0 Å². The Morgan fingerprint density at radius 1 is 1.21 bits per heavy atom. The third-order valence-electron chi connectivity index (χ3n) is 3.51. The van der Waals surface area contributed by atoms with Crippen LogP contribution in [0, 0.1) is 0 Å². The molecule has 1 heterocycles. The number of hydrogen-bond donors (Lipinski definition) is 1. The molecule has 0 saturated carbocycles. The highest BCUT2D eigenvalue weighted by molar-refractivity contribution is 5.39. The van der Waals surface area contributed by atoms with Gasteiger partial charge in [0, 0.05) is 13.7 Å². The van der Waals surface area contributed by atoms with E-state index >= 15 is 0 Å². The third-order valence-corrected chi connectivity index (χ3v) is 3.51. The molecule has 0 radical (unpaired) electrons. The van der Waals surface area contributed by atoms with E-state index in [4.69, 9.17) is 14.2 Å². The Hall–Kier alpha value is -1.26. The van der Waals surface area contributed by atoms with Crippen LogP contribution >= 0.6 is 0 Å². The molecule has 1 fully saturated rings. The van der Waals surface area contributed by atoms with Crippen LogP contribution in [-0.2, 0) is 4.74 Å². The van der Waals surface area contributed by atoms with Crippen molar-refractivity contribution in [2.24, 2.45) is 0 Å². The van der Waals surface area contributed by atoms with E-state index < -0.39 is 0 Å². The summed E-state index contributed by atoms with van der Waals surface area (Å²) in [6.45, 7) is 5.04. The molecular weight excluding hydrogens is 242 g/mol. The average Bonchev–Trinajstić information content (AvgIpc) is 2.48. The van der Waals surface area contributed by atoms with Crippen LogP contribution in [0.25, 0.3) is 0 Å². The SMILES string of the molecule is CCOc1ccccc1OCC1(OC)CCCNC1. The van der Waals surface area contributed by atoms with E-state index in [1.165, 1.54) is 0 Å². The molecule has 0 amide bonds. The van der Waals surface area contributed by atoms with E-state index in [1.54, 1.807) is 7.11 Å². The summed E-state index contributed by atoms with van der Waals surface area (Å²) in [4.78, 5) is 0. The van der Waals surface area contributed by atoms with Crippen molar-refractivity contribution < 1.29 is 14.2 Å². The smallest absolute Gasteiger partial charge is 0.161 e. The lowest BCUT2D eigenvalue weighted by Crippen LogP contribution is -2.51. The summed E-state index contributed by atoms with van der Waals surface area (Å²) in [7, 11) is 1.75. The number of piperidine rings is 1. The van der Waals surface area contributed by atoms with Crippen LogP contribution in [0.3, 0.4) is 0 Å². The molecule has 1 aliphatic heterocycles. The zero-order chi connectivity index (χ0) is 13.6. The van der Waals surface area contributed by atoms with Crippen molar-refractivity contribution in [2.75, 3.05) is 33.4 Å². The fraction of sp³-hybridized carbons (Fsp3) is 0.600. The highest BCUT2D eigenvalue weighted by Gasteiger charge is 2.33. The second-order valence-corrected chi connectivity index (χ2v) is 4.84. The molecule has 1 atom stereocenters. The van der Waals surface area contributed by atoms with Gasteiger partial charge in [-0.05, 0) is 38.4 Å². The molecule has 106 valence electrons. The maximum atomic E-state index is 5.93. The first kappa shape index (κ1) is 14.2. The van der Waals surface area contributed by atoms with Gasteiger partial charge in [-0.15, -0.1) is 0 Å². The van der Waals surface area contributed by atoms with Crippen LogP contribution < -0.4 is 14.8 Å². The molecule has 4 heteroatoms. The molecule has 1 aromatic carbocycles. The monoisotopic (exact) mass is 265 g/mol. The summed E-state index contributed by atoms with van der Waals surface area (Å²) < 4.78 is 17.2. The predicted molar refractivity (Wildman–Crippen MR) is 74.9 cm³/mol. The first-order chi connectivity index (χ1) is 9.29. The van der Waals surface area contributed by atoms with Gasteiger partial charge in [-0.2, -0.15) is 0 Å². The van der Waals surface area contributed by atoms with Gasteiger partial charge in [0.05, 0.1) is 6.61 Å². The number of hydrogen-bond acceptors (Lipinski definition) is 4. The van der Waals surface area contributed by atoms with E-state index in [0.29, 0.717) is 13.2 Å². The number of methoxy groups -OCH3 is 1. The van der Waals surface area contributed by atoms with Crippen molar-refractivity contribution in [2.45, 2.75) is 25.4 Å². The first-order valence-corrected chi connectivity index (χ1v) is 6.90. The molecule has 1 saturated heterocycles. The van der Waals surface area contributed by atoms with E-state index in [9.17, 15) is 0 Å². The molecule has 1 aliphatic rings. The lowest BCUT2D eigenvalue weighted by molar-refractivity contribution is -0.0592. The van der Waals surface area contributed by atoms with Crippen LogP contribution in [0.4, 0.5) is 0 Å². The minimum atomic E-state index is -0.225. The summed E-state index contributed by atoms with van der Waals surface area (Å²) in [5.74, 6) is 1.58. The Kier molecular flexibility index (Phi) is 5.05. The van der Waals surface area contributed by atoms with Crippen LogP contribution in [0.1, 0.15) is 19.8 Å². The van der Waals surface area contributed by atoms with Gasteiger partial charge < -0.3 is 19.5 Å². The van der Waals surface area contributed by atoms with Crippen molar-refractivity contribution >= 4 is 0 Å². The molecule has 2 rings (SSSR count). The molecule has 4 nitrogen and oxygen atoms in total. The van der Waals surface area contributed by atoms with Crippen LogP contribution in [-0.4, -0.2) is 39.0 Å². The standard InChI is InChI=1S/C15H23NO3/c1-3-18-13-7-4-5-8-14(13)19-12-15(17-2)9-6-10-16-11-15/h4-5,7-8,16H,3,6,9-12H2,1-2H3. The van der Waals surface area contributed by atoms with Gasteiger partial charge in [0.1, 0.15) is 12.2 Å². The molecule has 1 unspecified atom stereocenters. The number of nitrogens with one attached hydrogen (secondary N) is 1. The third kappa shape index (κ3) is 3.61. The van der Waals surface area contributed by atoms with Crippen molar-refractivity contribution in [1.29, 1.82) is 0 Å². The van der Waals surface area contributed by atoms with Crippen molar-refractivity contribution in [3.05, 3.63) is 24.3 Å². The Morgan fingerprint density at radius 2 is 1.95 bits per heavy atom. The molecule has 1 aromatic rings. The highest BCUT2D eigenvalue weighted by Crippen LogP contribution is 2.29. The molecule has 0 aliphatic carbocycles. The van der Waals surface area contributed by atoms with Gasteiger partial charge in [0.25, 0.3) is 0 Å². The molecule has 0 bridgehead atoms. The lowest BCUT2D eigenvalue weighted by atomic mass is 9.95. The van der Waals surface area contributed by atoms with Crippen LogP contribution in [0.2, 0.25) is 0 Å². The Labute approximate surface area is 115 Å². The first-order valence-electron chi connectivity index (χ1n) is 6.90. The maximum absolute atomic E-state index is 5.93. The van der Waals surface area contributed by atoms with E-state index in [1.807, 2.05) is 31.2 Å². The summed E-state index contributed by atoms with van der Waals surface area (Å²) in [6, 6.07) is 7.77. The van der Waals surface area contributed by atoms with Crippen molar-refractivity contribution in [3.63, 3.8) is 0 Å². The quantitative estimate of drug-likeness (QED) is 0.856. The fourth-order valence-electron chi connectivity index (χ4n) is 2.35. The molecule has 0 spiro atoms. The normalized spacial score (nSPS) is 23.1.